The van der Waals surface area contributed by atoms with E-state index < -0.39 is 0 Å². The molecule has 0 saturated carbocycles. The summed E-state index contributed by atoms with van der Waals surface area (Å²) < 4.78 is 0. The van der Waals surface area contributed by atoms with Crippen molar-refractivity contribution in [1.29, 1.82) is 10.8 Å². The largest absolute Gasteiger partial charge is 0.388 e. The second-order valence-corrected chi connectivity index (χ2v) is 5.34. The summed E-state index contributed by atoms with van der Waals surface area (Å²) in [5.74, 6) is 0.221. The lowest BCUT2D eigenvalue weighted by Gasteiger charge is -2.13. The van der Waals surface area contributed by atoms with Crippen LogP contribution in [0.2, 0.25) is 0 Å². The standard InChI is InChI=1S/C18H24N6/c1-21-16-9-7-15(8-10-16)13-23-18(20)24-17(19)22-12-11-14-5-3-2-4-6-14/h2-10,21H,11-13H2,1H3,(H5,19,20,22,23,24). The first kappa shape index (κ1) is 17.3. The van der Waals surface area contributed by atoms with Crippen LogP contribution in [0.3, 0.4) is 0 Å². The molecule has 0 atom stereocenters. The number of hydrogen-bond donors (Lipinski definition) is 6. The molecule has 0 heterocycles. The van der Waals surface area contributed by atoms with Crippen LogP contribution in [0.4, 0.5) is 5.69 Å². The molecular formula is C18H24N6. The summed E-state index contributed by atoms with van der Waals surface area (Å²) in [6, 6.07) is 18.1. The van der Waals surface area contributed by atoms with Crippen LogP contribution in [0.5, 0.6) is 0 Å². The van der Waals surface area contributed by atoms with Gasteiger partial charge in [-0.25, -0.2) is 0 Å². The fraction of sp³-hybridized carbons (Fsp3) is 0.222. The first-order chi connectivity index (χ1) is 11.7. The van der Waals surface area contributed by atoms with Gasteiger partial charge >= 0.3 is 0 Å². The maximum atomic E-state index is 7.83. The van der Waals surface area contributed by atoms with E-state index in [1.165, 1.54) is 5.56 Å². The smallest absolute Gasteiger partial charge is 0.195 e. The molecule has 0 amide bonds. The topological polar surface area (TPSA) is 95.8 Å². The van der Waals surface area contributed by atoms with Crippen molar-refractivity contribution in [3.63, 3.8) is 0 Å². The van der Waals surface area contributed by atoms with Gasteiger partial charge in [0.1, 0.15) is 0 Å². The lowest BCUT2D eigenvalue weighted by Crippen LogP contribution is -2.46. The second kappa shape index (κ2) is 9.19. The normalized spacial score (nSPS) is 9.88. The zero-order valence-corrected chi connectivity index (χ0v) is 13.8. The second-order valence-electron chi connectivity index (χ2n) is 5.34. The molecule has 0 aliphatic carbocycles. The van der Waals surface area contributed by atoms with Gasteiger partial charge in [0.15, 0.2) is 11.9 Å². The average molecular weight is 324 g/mol. The molecule has 0 aromatic heterocycles. The number of rotatable bonds is 6. The lowest BCUT2D eigenvalue weighted by atomic mass is 10.1. The predicted molar refractivity (Wildman–Crippen MR) is 99.6 cm³/mol. The Morgan fingerprint density at radius 1 is 0.833 bits per heavy atom. The van der Waals surface area contributed by atoms with Crippen molar-refractivity contribution in [1.82, 2.24) is 16.0 Å². The minimum atomic E-state index is 0.102. The highest BCUT2D eigenvalue weighted by Crippen LogP contribution is 2.07. The van der Waals surface area contributed by atoms with Gasteiger partial charge in [-0.2, -0.15) is 0 Å². The molecule has 0 saturated heterocycles. The van der Waals surface area contributed by atoms with Gasteiger partial charge in [0.25, 0.3) is 0 Å². The van der Waals surface area contributed by atoms with Crippen molar-refractivity contribution in [2.45, 2.75) is 13.0 Å². The van der Waals surface area contributed by atoms with Crippen LogP contribution in [0, 0.1) is 10.8 Å². The fourth-order valence-electron chi connectivity index (χ4n) is 2.17. The van der Waals surface area contributed by atoms with Gasteiger partial charge in [-0.3, -0.25) is 16.1 Å². The monoisotopic (exact) mass is 324 g/mol. The molecule has 6 nitrogen and oxygen atoms in total. The summed E-state index contributed by atoms with van der Waals surface area (Å²) in [5.41, 5.74) is 3.34. The number of nitrogens with one attached hydrogen (secondary N) is 6. The van der Waals surface area contributed by atoms with Gasteiger partial charge in [-0.15, -0.1) is 0 Å². The molecule has 0 bridgehead atoms. The van der Waals surface area contributed by atoms with Crippen molar-refractivity contribution < 1.29 is 0 Å². The van der Waals surface area contributed by atoms with Gasteiger partial charge in [0.2, 0.25) is 0 Å². The molecule has 2 aromatic rings. The number of guanidine groups is 2. The van der Waals surface area contributed by atoms with Crippen molar-refractivity contribution in [3.05, 3.63) is 65.7 Å². The molecule has 6 heteroatoms. The minimum Gasteiger partial charge on any atom is -0.388 e. The summed E-state index contributed by atoms with van der Waals surface area (Å²) in [6.07, 6.45) is 0.837. The predicted octanol–water partition coefficient (Wildman–Crippen LogP) is 2.11. The molecule has 0 aliphatic rings. The van der Waals surface area contributed by atoms with Gasteiger partial charge in [0.05, 0.1) is 0 Å². The van der Waals surface area contributed by atoms with Crippen LogP contribution < -0.4 is 21.3 Å². The SMILES string of the molecule is CNc1ccc(CNC(=N)NC(=N)NCCc2ccccc2)cc1. The zero-order valence-electron chi connectivity index (χ0n) is 13.8. The Kier molecular flexibility index (Phi) is 6.64. The highest BCUT2D eigenvalue weighted by Gasteiger charge is 2.01. The third-order valence-electron chi connectivity index (χ3n) is 3.52. The Morgan fingerprint density at radius 2 is 1.50 bits per heavy atom. The third-order valence-corrected chi connectivity index (χ3v) is 3.52. The molecule has 0 spiro atoms. The van der Waals surface area contributed by atoms with E-state index >= 15 is 0 Å². The van der Waals surface area contributed by atoms with E-state index in [2.05, 4.69) is 33.4 Å². The van der Waals surface area contributed by atoms with Crippen LogP contribution in [0.1, 0.15) is 11.1 Å². The molecule has 6 N–H and O–H groups in total. The Hall–Kier alpha value is -3.02. The van der Waals surface area contributed by atoms with Crippen LogP contribution in [-0.4, -0.2) is 25.5 Å². The fourth-order valence-corrected chi connectivity index (χ4v) is 2.17. The number of benzene rings is 2. The van der Waals surface area contributed by atoms with Crippen molar-refractivity contribution in [3.8, 4) is 0 Å². The van der Waals surface area contributed by atoms with E-state index in [9.17, 15) is 0 Å². The molecule has 0 fully saturated rings. The molecule has 0 radical (unpaired) electrons. The van der Waals surface area contributed by atoms with Crippen LogP contribution in [0.25, 0.3) is 0 Å². The Balaban J connectivity index is 1.64. The minimum absolute atomic E-state index is 0.102. The third kappa shape index (κ3) is 6.00. The van der Waals surface area contributed by atoms with E-state index in [4.69, 9.17) is 10.8 Å². The molecule has 2 aromatic carbocycles. The first-order valence-corrected chi connectivity index (χ1v) is 7.90. The van der Waals surface area contributed by atoms with Crippen LogP contribution >= 0.6 is 0 Å². The van der Waals surface area contributed by atoms with Gasteiger partial charge in [-0.05, 0) is 29.7 Å². The summed E-state index contributed by atoms with van der Waals surface area (Å²) >= 11 is 0. The van der Waals surface area contributed by atoms with E-state index in [0.29, 0.717) is 13.1 Å². The average Bonchev–Trinajstić information content (AvgIpc) is 2.61. The van der Waals surface area contributed by atoms with Gasteiger partial charge in [-0.1, -0.05) is 42.5 Å². The molecule has 24 heavy (non-hydrogen) atoms. The van der Waals surface area contributed by atoms with Crippen molar-refractivity contribution >= 4 is 17.6 Å². The van der Waals surface area contributed by atoms with Gasteiger partial charge in [0, 0.05) is 25.8 Å². The van der Waals surface area contributed by atoms with Crippen LogP contribution in [-0.2, 0) is 13.0 Å². The van der Waals surface area contributed by atoms with E-state index in [0.717, 1.165) is 17.7 Å². The van der Waals surface area contributed by atoms with E-state index in [1.807, 2.05) is 49.5 Å². The summed E-state index contributed by atoms with van der Waals surface area (Å²) in [5, 5.41) is 27.3. The van der Waals surface area contributed by atoms with Gasteiger partial charge < -0.3 is 16.0 Å². The van der Waals surface area contributed by atoms with Crippen molar-refractivity contribution in [2.75, 3.05) is 18.9 Å². The molecule has 0 aliphatic heterocycles. The maximum Gasteiger partial charge on any atom is 0.195 e. The molecular weight excluding hydrogens is 300 g/mol. The lowest BCUT2D eigenvalue weighted by molar-refractivity contribution is 0.824. The van der Waals surface area contributed by atoms with Crippen LogP contribution in [0.15, 0.2) is 54.6 Å². The van der Waals surface area contributed by atoms with E-state index in [1.54, 1.807) is 0 Å². The number of hydrogen-bond acceptors (Lipinski definition) is 3. The maximum absolute atomic E-state index is 7.83. The Bertz CT molecular complexity index is 651. The first-order valence-electron chi connectivity index (χ1n) is 7.90. The molecule has 2 rings (SSSR count). The number of anilines is 1. The Labute approximate surface area is 142 Å². The molecule has 0 unspecified atom stereocenters. The van der Waals surface area contributed by atoms with Crippen molar-refractivity contribution in [2.24, 2.45) is 0 Å². The quantitative estimate of drug-likeness (QED) is 0.362. The highest BCUT2D eigenvalue weighted by molar-refractivity contribution is 5.95. The van der Waals surface area contributed by atoms with E-state index in [-0.39, 0.29) is 11.9 Å². The summed E-state index contributed by atoms with van der Waals surface area (Å²) in [4.78, 5) is 0. The highest BCUT2D eigenvalue weighted by atomic mass is 15.2. The Morgan fingerprint density at radius 3 is 2.17 bits per heavy atom. The summed E-state index contributed by atoms with van der Waals surface area (Å²) in [6.45, 7) is 1.18. The zero-order chi connectivity index (χ0) is 17.2. The summed E-state index contributed by atoms with van der Waals surface area (Å²) in [7, 11) is 1.88. The molecule has 126 valence electrons.